The molecule has 0 aliphatic heterocycles. The van der Waals surface area contributed by atoms with E-state index in [1.807, 2.05) is 60.7 Å². The third-order valence-corrected chi connectivity index (χ3v) is 13.7. The van der Waals surface area contributed by atoms with Crippen molar-refractivity contribution in [1.29, 1.82) is 0 Å². The van der Waals surface area contributed by atoms with Gasteiger partial charge in [-0.15, -0.1) is 18.2 Å². The summed E-state index contributed by atoms with van der Waals surface area (Å²) in [6.45, 7) is 0. The van der Waals surface area contributed by atoms with E-state index < -0.39 is 19.6 Å². The zero-order valence-corrected chi connectivity index (χ0v) is 35.4. The summed E-state index contributed by atoms with van der Waals surface area (Å²) < 4.78 is 25.2. The van der Waals surface area contributed by atoms with Gasteiger partial charge in [-0.1, -0.05) is 89.8 Å². The quantitative estimate of drug-likeness (QED) is 0.118. The van der Waals surface area contributed by atoms with E-state index in [1.165, 1.54) is 15.5 Å². The number of furan rings is 1. The monoisotopic (exact) mass is 953 g/mol. The third kappa shape index (κ3) is 8.79. The van der Waals surface area contributed by atoms with E-state index in [-0.39, 0.29) is 20.1 Å². The van der Waals surface area contributed by atoms with Crippen LogP contribution in [-0.2, 0) is 26.5 Å². The number of fused-ring (bicyclic) bond motifs is 3. The van der Waals surface area contributed by atoms with E-state index in [0.717, 1.165) is 44.3 Å². The van der Waals surface area contributed by atoms with Gasteiger partial charge in [0.15, 0.2) is 0 Å². The molecule has 9 rings (SSSR count). The Kier molecular flexibility index (Phi) is 10.9. The van der Waals surface area contributed by atoms with Crippen molar-refractivity contribution in [3.8, 4) is 44.8 Å². The Morgan fingerprint density at radius 3 is 1.93 bits per heavy atom. The number of pyridine rings is 2. The van der Waals surface area contributed by atoms with Gasteiger partial charge in [-0.3, -0.25) is 0 Å². The molecule has 0 bridgehead atoms. The molecule has 3 aromatic heterocycles. The maximum atomic E-state index is 8.73. The van der Waals surface area contributed by atoms with Crippen LogP contribution in [-0.4, -0.2) is 23.2 Å². The van der Waals surface area contributed by atoms with Crippen LogP contribution in [0.25, 0.3) is 66.7 Å². The van der Waals surface area contributed by atoms with E-state index >= 15 is 0 Å². The van der Waals surface area contributed by atoms with Gasteiger partial charge < -0.3 is 9.40 Å². The Morgan fingerprint density at radius 1 is 0.582 bits per heavy atom. The summed E-state index contributed by atoms with van der Waals surface area (Å²) in [6, 6.07) is 60.7. The molecule has 5 heteroatoms. The molecule has 0 aliphatic rings. The molecule has 6 aromatic carbocycles. The first-order chi connectivity index (χ1) is 27.1. The fraction of sp³-hybridized carbons (Fsp3) is 0.0800. The smallest absolute Gasteiger partial charge is 0 e. The summed E-state index contributed by atoms with van der Waals surface area (Å²) in [7, 11) is 0. The molecule has 1 radical (unpaired) electrons. The van der Waals surface area contributed by atoms with Crippen molar-refractivity contribution >= 4 is 39.6 Å². The Labute approximate surface area is 342 Å². The average molecular weight is 952 g/mol. The fourth-order valence-electron chi connectivity index (χ4n) is 6.50. The van der Waals surface area contributed by atoms with Crippen LogP contribution in [0.1, 0.15) is 13.9 Å². The van der Waals surface area contributed by atoms with Crippen molar-refractivity contribution in [3.05, 3.63) is 199 Å². The van der Waals surface area contributed by atoms with Crippen LogP contribution in [0.4, 0.5) is 0 Å². The second-order valence-electron chi connectivity index (χ2n) is 14.2. The predicted molar refractivity (Wildman–Crippen MR) is 227 cm³/mol. The summed E-state index contributed by atoms with van der Waals surface area (Å²) in [4.78, 5) is 9.21. The largest absolute Gasteiger partial charge is 0 e. The number of aromatic nitrogens is 2. The molecule has 55 heavy (non-hydrogen) atoms. The maximum absolute atomic E-state index is 8.73. The molecule has 0 fully saturated rings. The van der Waals surface area contributed by atoms with Gasteiger partial charge in [0.2, 0.25) is 0 Å². The minimum absolute atomic E-state index is 0. The summed E-state index contributed by atoms with van der Waals surface area (Å²) in [6.07, 6.45) is 2.05. The Bertz CT molecular complexity index is 2750. The molecule has 0 unspecified atom stereocenters. The van der Waals surface area contributed by atoms with Gasteiger partial charge in [-0.05, 0) is 46.5 Å². The molecule has 3 heterocycles. The number of hydrogen-bond donors (Lipinski definition) is 0. The van der Waals surface area contributed by atoms with Gasteiger partial charge in [0.05, 0.1) is 5.58 Å². The van der Waals surface area contributed by atoms with Crippen molar-refractivity contribution in [2.24, 2.45) is 0 Å². The van der Waals surface area contributed by atoms with Gasteiger partial charge in [0.25, 0.3) is 0 Å². The molecular formula is C50H40GeIrN2O-2. The molecule has 0 saturated carbocycles. The zero-order valence-electron chi connectivity index (χ0n) is 32.9. The number of hydrogen-bond acceptors (Lipinski definition) is 3. The minimum Gasteiger partial charge on any atom is 0 e. The third-order valence-electron chi connectivity index (χ3n) is 9.43. The molecule has 0 amide bonds. The first-order valence-corrected chi connectivity index (χ1v) is 25.5. The van der Waals surface area contributed by atoms with Crippen LogP contribution >= 0.6 is 0 Å². The fourth-order valence-corrected chi connectivity index (χ4v) is 8.67. The van der Waals surface area contributed by atoms with Crippen LogP contribution in [0, 0.1) is 12.1 Å². The molecule has 0 spiro atoms. The number of nitrogens with zero attached hydrogens (tertiary/aromatic N) is 2. The van der Waals surface area contributed by atoms with Gasteiger partial charge in [-0.25, -0.2) is 0 Å². The first kappa shape index (κ1) is 35.3. The van der Waals surface area contributed by atoms with E-state index in [4.69, 9.17) is 7.16 Å². The Morgan fingerprint density at radius 2 is 1.25 bits per heavy atom. The second-order valence-corrected chi connectivity index (χ2v) is 24.9. The topological polar surface area (TPSA) is 38.9 Å². The molecule has 271 valence electrons. The summed E-state index contributed by atoms with van der Waals surface area (Å²) >= 11 is -1.79. The van der Waals surface area contributed by atoms with Crippen molar-refractivity contribution < 1.29 is 27.3 Å². The SMILES string of the molecule is [2H]C([2H])(c1ccccc1)c1ccnc(-c2[c-]ccc3c2oc2cc(-c4ccccc4)ccc23)c1.[CH3][Ge]([CH3])([CH3])[c]1ccc(-c2[c-]ccc(-c3ccccc3)c2)nc1.[Ir]. The molecule has 0 N–H and O–H groups in total. The average Bonchev–Trinajstić information content (AvgIpc) is 3.63. The molecule has 3 nitrogen and oxygen atoms in total. The van der Waals surface area contributed by atoms with Crippen molar-refractivity contribution in [2.45, 2.75) is 23.6 Å². The standard InChI is InChI=1S/C30H20NO.C20H20GeN.Ir/c1-3-8-21(9-4-1)18-22-16-17-31-28(19-22)27-13-7-12-26-25-15-14-24(20-29(25)32-30(26)27)23-10-5-2-6-11-23;1-21(2,3)19-12-13-20(22-15-19)18-11-7-10-17(14-18)16-8-5-4-6-9-16;/h1-12,14-17,19-20H,18H2;4-10,12-15H,1-3H3;/q2*-1;/i18D2;;. The number of rotatable bonds is 7. The van der Waals surface area contributed by atoms with E-state index in [0.29, 0.717) is 22.4 Å². The van der Waals surface area contributed by atoms with Gasteiger partial charge in [-0.2, -0.15) is 0 Å². The van der Waals surface area contributed by atoms with Crippen molar-refractivity contribution in [3.63, 3.8) is 0 Å². The van der Waals surface area contributed by atoms with Crippen molar-refractivity contribution in [2.75, 3.05) is 0 Å². The minimum atomic E-state index is -1.79. The molecular weight excluding hydrogens is 909 g/mol. The Balaban J connectivity index is 0.000000188. The van der Waals surface area contributed by atoms with Crippen LogP contribution in [0.2, 0.25) is 17.3 Å². The second kappa shape index (κ2) is 17.0. The van der Waals surface area contributed by atoms with Crippen LogP contribution < -0.4 is 4.40 Å². The van der Waals surface area contributed by atoms with Crippen LogP contribution in [0.15, 0.2) is 181 Å². The van der Waals surface area contributed by atoms with Crippen LogP contribution in [0.5, 0.6) is 0 Å². The number of benzene rings is 6. The van der Waals surface area contributed by atoms with E-state index in [2.05, 4.69) is 124 Å². The summed E-state index contributed by atoms with van der Waals surface area (Å²) in [5, 5.41) is 2.02. The first-order valence-electron chi connectivity index (χ1n) is 19.1. The van der Waals surface area contributed by atoms with Crippen LogP contribution in [0.3, 0.4) is 0 Å². The van der Waals surface area contributed by atoms with Gasteiger partial charge in [0.1, 0.15) is 5.58 Å². The van der Waals surface area contributed by atoms with Gasteiger partial charge in [0, 0.05) is 34.4 Å². The summed E-state index contributed by atoms with van der Waals surface area (Å²) in [5.74, 6) is 7.16. The van der Waals surface area contributed by atoms with E-state index in [1.54, 1.807) is 30.5 Å². The van der Waals surface area contributed by atoms with Gasteiger partial charge >= 0.3 is 135 Å². The normalized spacial score (nSPS) is 11.9. The summed E-state index contributed by atoms with van der Waals surface area (Å²) in [5.41, 5.74) is 10.7. The predicted octanol–water partition coefficient (Wildman–Crippen LogP) is 12.5. The molecule has 0 saturated heterocycles. The zero-order chi connectivity index (χ0) is 38.7. The maximum Gasteiger partial charge on any atom is 0 e. The molecule has 0 atom stereocenters. The van der Waals surface area contributed by atoms with Crippen molar-refractivity contribution in [1.82, 2.24) is 9.97 Å². The molecule has 9 aromatic rings. The van der Waals surface area contributed by atoms with E-state index in [9.17, 15) is 0 Å². The Hall–Kier alpha value is -5.39. The molecule has 0 aliphatic carbocycles.